The van der Waals surface area contributed by atoms with Crippen LogP contribution in [0, 0.1) is 0 Å². The molecule has 0 bridgehead atoms. The first-order valence-electron chi connectivity index (χ1n) is 14.8. The molecule has 3 heteroatoms. The zero-order chi connectivity index (χ0) is 23.4. The van der Waals surface area contributed by atoms with Gasteiger partial charge in [-0.05, 0) is 51.7 Å². The molecule has 0 atom stereocenters. The Bertz CT molecular complexity index is 304. The van der Waals surface area contributed by atoms with Crippen LogP contribution in [0.25, 0.3) is 0 Å². The quantitative estimate of drug-likeness (QED) is 0.117. The maximum atomic E-state index is 8.87. The maximum absolute atomic E-state index is 8.87. The van der Waals surface area contributed by atoms with Crippen LogP contribution in [0.5, 0.6) is 0 Å². The molecule has 0 aliphatic rings. The van der Waals surface area contributed by atoms with Crippen LogP contribution in [0.15, 0.2) is 0 Å². The van der Waals surface area contributed by atoms with Gasteiger partial charge in [0.05, 0.1) is 0 Å². The highest BCUT2D eigenvalue weighted by Crippen LogP contribution is 2.13. The maximum Gasteiger partial charge on any atom is 0.0431 e. The first-order valence-corrected chi connectivity index (χ1v) is 14.8. The Balaban J connectivity index is 3.83. The lowest BCUT2D eigenvalue weighted by Gasteiger charge is -2.22. The van der Waals surface area contributed by atoms with Crippen LogP contribution in [0.4, 0.5) is 0 Å². The van der Waals surface area contributed by atoms with Crippen molar-refractivity contribution in [2.45, 2.75) is 155 Å². The first kappa shape index (κ1) is 31.9. The van der Waals surface area contributed by atoms with E-state index in [0.717, 1.165) is 12.8 Å². The molecule has 0 heterocycles. The van der Waals surface area contributed by atoms with Crippen molar-refractivity contribution in [1.82, 2.24) is 4.90 Å². The molecule has 0 aliphatic heterocycles. The lowest BCUT2D eigenvalue weighted by atomic mass is 10.1. The molecule has 0 fully saturated rings. The third-order valence-corrected chi connectivity index (χ3v) is 6.84. The summed E-state index contributed by atoms with van der Waals surface area (Å²) in [7, 11) is 0. The van der Waals surface area contributed by atoms with Gasteiger partial charge in [-0.2, -0.15) is 0 Å². The lowest BCUT2D eigenvalue weighted by molar-refractivity contribution is 0.253. The van der Waals surface area contributed by atoms with Gasteiger partial charge in [0, 0.05) is 13.2 Å². The van der Waals surface area contributed by atoms with Crippen molar-refractivity contribution in [1.29, 1.82) is 0 Å². The smallest absolute Gasteiger partial charge is 0.0431 e. The Hall–Kier alpha value is -0.120. The van der Waals surface area contributed by atoms with Gasteiger partial charge in [0.25, 0.3) is 0 Å². The second kappa shape index (κ2) is 28.9. The zero-order valence-corrected chi connectivity index (χ0v) is 22.1. The number of hydrogen-bond acceptors (Lipinski definition) is 3. The van der Waals surface area contributed by atoms with Crippen LogP contribution >= 0.6 is 0 Å². The highest BCUT2D eigenvalue weighted by molar-refractivity contribution is 4.61. The van der Waals surface area contributed by atoms with E-state index in [0.29, 0.717) is 13.2 Å². The fourth-order valence-electron chi connectivity index (χ4n) is 4.64. The molecule has 0 spiro atoms. The van der Waals surface area contributed by atoms with Crippen LogP contribution < -0.4 is 0 Å². The van der Waals surface area contributed by atoms with E-state index in [-0.39, 0.29) is 0 Å². The molecule has 0 unspecified atom stereocenters. The number of nitrogens with zero attached hydrogens (tertiary/aromatic N) is 1. The van der Waals surface area contributed by atoms with E-state index < -0.39 is 0 Å². The Labute approximate surface area is 202 Å². The minimum atomic E-state index is 0.358. The summed E-state index contributed by atoms with van der Waals surface area (Å²) in [5, 5.41) is 17.7. The molecule has 0 aliphatic carbocycles. The van der Waals surface area contributed by atoms with E-state index in [1.165, 1.54) is 154 Å². The molecule has 0 aromatic heterocycles. The van der Waals surface area contributed by atoms with Crippen molar-refractivity contribution in [3.63, 3.8) is 0 Å². The molecule has 0 radical (unpaired) electrons. The van der Waals surface area contributed by atoms with Crippen molar-refractivity contribution in [3.8, 4) is 0 Å². The molecule has 0 rings (SSSR count). The fraction of sp³-hybridized carbons (Fsp3) is 1.00. The third-order valence-electron chi connectivity index (χ3n) is 6.84. The van der Waals surface area contributed by atoms with E-state index in [4.69, 9.17) is 10.2 Å². The highest BCUT2D eigenvalue weighted by atomic mass is 16.3. The van der Waals surface area contributed by atoms with E-state index >= 15 is 0 Å². The van der Waals surface area contributed by atoms with Gasteiger partial charge in [-0.1, -0.05) is 122 Å². The topological polar surface area (TPSA) is 43.7 Å². The number of aliphatic hydroxyl groups is 2. The van der Waals surface area contributed by atoms with Crippen LogP contribution in [0.2, 0.25) is 0 Å². The van der Waals surface area contributed by atoms with Crippen molar-refractivity contribution in [2.24, 2.45) is 0 Å². The second-order valence-corrected chi connectivity index (χ2v) is 10.1. The SMILES string of the molecule is CCCCCCCCCCCN(CCCCCCCCCO)CCCCCCCCCO. The molecule has 0 aromatic rings. The molecule has 194 valence electrons. The van der Waals surface area contributed by atoms with Crippen molar-refractivity contribution in [2.75, 3.05) is 32.8 Å². The summed E-state index contributed by atoms with van der Waals surface area (Å²) in [6, 6.07) is 0. The molecule has 0 saturated heterocycles. The van der Waals surface area contributed by atoms with Gasteiger partial charge in [-0.3, -0.25) is 0 Å². The summed E-state index contributed by atoms with van der Waals surface area (Å²) >= 11 is 0. The second-order valence-electron chi connectivity index (χ2n) is 10.1. The largest absolute Gasteiger partial charge is 0.396 e. The van der Waals surface area contributed by atoms with Gasteiger partial charge in [0.1, 0.15) is 0 Å². The van der Waals surface area contributed by atoms with E-state index in [1.807, 2.05) is 0 Å². The molecule has 0 saturated carbocycles. The summed E-state index contributed by atoms with van der Waals surface area (Å²) in [5.41, 5.74) is 0. The van der Waals surface area contributed by atoms with Gasteiger partial charge in [0.15, 0.2) is 0 Å². The van der Waals surface area contributed by atoms with Gasteiger partial charge in [-0.25, -0.2) is 0 Å². The molecule has 3 nitrogen and oxygen atoms in total. The summed E-state index contributed by atoms with van der Waals surface area (Å²) in [4.78, 5) is 2.76. The average molecular weight is 456 g/mol. The van der Waals surface area contributed by atoms with Crippen LogP contribution in [-0.4, -0.2) is 48.0 Å². The number of aliphatic hydroxyl groups excluding tert-OH is 2. The van der Waals surface area contributed by atoms with Gasteiger partial charge in [0.2, 0.25) is 0 Å². The fourth-order valence-corrected chi connectivity index (χ4v) is 4.64. The Kier molecular flexibility index (Phi) is 28.8. The van der Waals surface area contributed by atoms with E-state index in [9.17, 15) is 0 Å². The summed E-state index contributed by atoms with van der Waals surface area (Å²) < 4.78 is 0. The average Bonchev–Trinajstić information content (AvgIpc) is 2.80. The number of unbranched alkanes of at least 4 members (excludes halogenated alkanes) is 20. The summed E-state index contributed by atoms with van der Waals surface area (Å²) in [6.45, 7) is 6.91. The standard InChI is InChI=1S/C29H61NO2/c1-2-3-4-5-6-7-10-15-20-25-30(26-21-16-11-8-13-18-23-28-31)27-22-17-12-9-14-19-24-29-32/h31-32H,2-29H2,1H3. The predicted octanol–water partition coefficient (Wildman–Crippen LogP) is 8.27. The number of hydrogen-bond donors (Lipinski definition) is 2. The van der Waals surface area contributed by atoms with Crippen LogP contribution in [0.1, 0.15) is 155 Å². The Morgan fingerprint density at radius 3 is 0.875 bits per heavy atom. The van der Waals surface area contributed by atoms with E-state index in [1.54, 1.807) is 0 Å². The number of rotatable bonds is 28. The molecule has 2 N–H and O–H groups in total. The highest BCUT2D eigenvalue weighted by Gasteiger charge is 2.05. The molecule has 0 amide bonds. The lowest BCUT2D eigenvalue weighted by Crippen LogP contribution is -2.27. The zero-order valence-electron chi connectivity index (χ0n) is 22.1. The molecule has 0 aromatic carbocycles. The van der Waals surface area contributed by atoms with Crippen molar-refractivity contribution >= 4 is 0 Å². The summed E-state index contributed by atoms with van der Waals surface area (Å²) in [5.74, 6) is 0. The Morgan fingerprint density at radius 1 is 0.344 bits per heavy atom. The normalized spacial score (nSPS) is 11.6. The minimum absolute atomic E-state index is 0.358. The minimum Gasteiger partial charge on any atom is -0.396 e. The predicted molar refractivity (Wildman–Crippen MR) is 142 cm³/mol. The van der Waals surface area contributed by atoms with Crippen LogP contribution in [0.3, 0.4) is 0 Å². The van der Waals surface area contributed by atoms with Gasteiger partial charge < -0.3 is 15.1 Å². The molecular formula is C29H61NO2. The molecule has 32 heavy (non-hydrogen) atoms. The van der Waals surface area contributed by atoms with Gasteiger partial charge in [-0.15, -0.1) is 0 Å². The van der Waals surface area contributed by atoms with Crippen molar-refractivity contribution < 1.29 is 10.2 Å². The summed E-state index contributed by atoms with van der Waals surface area (Å²) in [6.07, 6.45) is 30.6. The third kappa shape index (κ3) is 26.1. The van der Waals surface area contributed by atoms with Gasteiger partial charge >= 0.3 is 0 Å². The van der Waals surface area contributed by atoms with Crippen LogP contribution in [-0.2, 0) is 0 Å². The molecular weight excluding hydrogens is 394 g/mol. The first-order chi connectivity index (χ1) is 15.8. The van der Waals surface area contributed by atoms with Crippen molar-refractivity contribution in [3.05, 3.63) is 0 Å². The Morgan fingerprint density at radius 2 is 0.594 bits per heavy atom. The van der Waals surface area contributed by atoms with E-state index in [2.05, 4.69) is 11.8 Å². The monoisotopic (exact) mass is 455 g/mol.